The molecule has 1 fully saturated rings. The third-order valence-corrected chi connectivity index (χ3v) is 3.56. The summed E-state index contributed by atoms with van der Waals surface area (Å²) in [5.74, 6) is 4.28. The molecule has 1 unspecified atom stereocenters. The highest BCUT2D eigenvalue weighted by Crippen LogP contribution is 2.36. The van der Waals surface area contributed by atoms with Crippen molar-refractivity contribution < 1.29 is 23.6 Å². The Bertz CT molecular complexity index is 612. The molecule has 110 valence electrons. The van der Waals surface area contributed by atoms with Gasteiger partial charge in [-0.3, -0.25) is 4.79 Å². The topological polar surface area (TPSA) is 60.8 Å². The Labute approximate surface area is 121 Å². The molecule has 1 saturated heterocycles. The number of hydrogen-bond acceptors (Lipinski definition) is 3. The molecular weight excluding hydrogens is 279 g/mol. The molecule has 0 spiro atoms. The normalized spacial score (nSPS) is 21.4. The van der Waals surface area contributed by atoms with E-state index in [4.69, 9.17) is 10.0 Å². The largest absolute Gasteiger partial charge is 0.488 e. The van der Waals surface area contributed by atoms with Crippen molar-refractivity contribution in [3.05, 3.63) is 29.8 Å². The van der Waals surface area contributed by atoms with Crippen LogP contribution in [0.15, 0.2) is 24.3 Å². The zero-order chi connectivity index (χ0) is 15.6. The fraction of sp³-hybridized carbons (Fsp3) is 0.357. The van der Waals surface area contributed by atoms with E-state index < -0.39 is 24.9 Å². The lowest BCUT2D eigenvalue weighted by Gasteiger charge is -2.19. The van der Waals surface area contributed by atoms with Gasteiger partial charge in [0, 0.05) is 19.2 Å². The number of benzene rings is 1. The van der Waals surface area contributed by atoms with Crippen LogP contribution in [0.25, 0.3) is 0 Å². The van der Waals surface area contributed by atoms with Gasteiger partial charge in [-0.25, -0.2) is 8.78 Å². The highest BCUT2D eigenvalue weighted by atomic mass is 19.3. The van der Waals surface area contributed by atoms with Gasteiger partial charge in [-0.1, -0.05) is 24.0 Å². The number of carbonyl (C=O) groups excluding carboxylic acids is 1. The van der Waals surface area contributed by atoms with Crippen molar-refractivity contribution in [2.45, 2.75) is 12.8 Å². The van der Waals surface area contributed by atoms with Crippen LogP contribution in [0.5, 0.6) is 0 Å². The maximum absolute atomic E-state index is 13.3. The third-order valence-electron chi connectivity index (χ3n) is 3.56. The lowest BCUT2D eigenvalue weighted by Crippen LogP contribution is -2.37. The van der Waals surface area contributed by atoms with Gasteiger partial charge in [0.05, 0.1) is 0 Å². The first kappa shape index (κ1) is 15.5. The van der Waals surface area contributed by atoms with Gasteiger partial charge in [0.1, 0.15) is 0 Å². The summed E-state index contributed by atoms with van der Waals surface area (Å²) in [7, 11) is -0.188. The van der Waals surface area contributed by atoms with Gasteiger partial charge in [0.25, 0.3) is 6.43 Å². The van der Waals surface area contributed by atoms with Crippen LogP contribution in [-0.2, 0) is 4.79 Å². The summed E-state index contributed by atoms with van der Waals surface area (Å²) in [6.45, 7) is 0.243. The first-order valence-corrected chi connectivity index (χ1v) is 6.40. The Hall–Kier alpha value is -1.91. The number of hydrogen-bond donors (Lipinski definition) is 2. The standard InChI is InChI=1S/C14H14BF2NO3/c1-18-8-7-14(12(16)17,13(18)19)6-5-10-3-2-4-11(9-10)15(20)21/h2-4,9,12,20-21H,7-8H2,1H3. The highest BCUT2D eigenvalue weighted by molar-refractivity contribution is 6.58. The maximum Gasteiger partial charge on any atom is 0.488 e. The van der Waals surface area contributed by atoms with Crippen LogP contribution >= 0.6 is 0 Å². The van der Waals surface area contributed by atoms with E-state index in [1.54, 1.807) is 6.07 Å². The number of amides is 1. The van der Waals surface area contributed by atoms with E-state index in [9.17, 15) is 13.6 Å². The van der Waals surface area contributed by atoms with Crippen LogP contribution in [-0.4, -0.2) is 48.0 Å². The van der Waals surface area contributed by atoms with Crippen molar-refractivity contribution >= 4 is 18.5 Å². The molecule has 1 aromatic rings. The van der Waals surface area contributed by atoms with E-state index in [2.05, 4.69) is 11.8 Å². The zero-order valence-electron chi connectivity index (χ0n) is 11.4. The van der Waals surface area contributed by atoms with Gasteiger partial charge in [0.2, 0.25) is 5.91 Å². The fourth-order valence-corrected chi connectivity index (χ4v) is 2.23. The van der Waals surface area contributed by atoms with Crippen molar-refractivity contribution in [1.82, 2.24) is 4.90 Å². The number of halogens is 2. The van der Waals surface area contributed by atoms with E-state index in [1.807, 2.05) is 0 Å². The molecule has 1 atom stereocenters. The van der Waals surface area contributed by atoms with Crippen LogP contribution < -0.4 is 5.46 Å². The fourth-order valence-electron chi connectivity index (χ4n) is 2.23. The molecule has 2 rings (SSSR count). The monoisotopic (exact) mass is 293 g/mol. The van der Waals surface area contributed by atoms with Crippen molar-refractivity contribution in [3.63, 3.8) is 0 Å². The second-order valence-electron chi connectivity index (χ2n) is 5.00. The van der Waals surface area contributed by atoms with Crippen molar-refractivity contribution in [2.24, 2.45) is 5.41 Å². The third kappa shape index (κ3) is 2.92. The summed E-state index contributed by atoms with van der Waals surface area (Å²) >= 11 is 0. The minimum Gasteiger partial charge on any atom is -0.423 e. The molecule has 4 nitrogen and oxygen atoms in total. The second-order valence-corrected chi connectivity index (χ2v) is 5.00. The van der Waals surface area contributed by atoms with Crippen LogP contribution in [0.1, 0.15) is 12.0 Å². The molecule has 0 radical (unpaired) electrons. The van der Waals surface area contributed by atoms with Crippen molar-refractivity contribution in [3.8, 4) is 11.8 Å². The Morgan fingerprint density at radius 1 is 1.43 bits per heavy atom. The Morgan fingerprint density at radius 3 is 2.67 bits per heavy atom. The average molecular weight is 293 g/mol. The van der Waals surface area contributed by atoms with Crippen LogP contribution in [0.4, 0.5) is 8.78 Å². The summed E-state index contributed by atoms with van der Waals surface area (Å²) < 4.78 is 26.6. The van der Waals surface area contributed by atoms with E-state index in [0.29, 0.717) is 5.56 Å². The second kappa shape index (κ2) is 5.84. The van der Waals surface area contributed by atoms with Gasteiger partial charge in [-0.2, -0.15) is 0 Å². The van der Waals surface area contributed by atoms with E-state index in [1.165, 1.54) is 30.1 Å². The summed E-state index contributed by atoms with van der Waals surface area (Å²) in [6, 6.07) is 5.96. The number of nitrogens with zero attached hydrogens (tertiary/aromatic N) is 1. The van der Waals surface area contributed by atoms with E-state index in [0.717, 1.165) is 0 Å². The van der Waals surface area contributed by atoms with Gasteiger partial charge >= 0.3 is 7.12 Å². The van der Waals surface area contributed by atoms with Crippen molar-refractivity contribution in [1.29, 1.82) is 0 Å². The van der Waals surface area contributed by atoms with Gasteiger partial charge in [0.15, 0.2) is 5.41 Å². The van der Waals surface area contributed by atoms with Gasteiger partial charge in [-0.15, -0.1) is 0 Å². The summed E-state index contributed by atoms with van der Waals surface area (Å²) in [5.41, 5.74) is -1.41. The molecule has 21 heavy (non-hydrogen) atoms. The molecule has 1 aliphatic rings. The maximum atomic E-state index is 13.3. The van der Waals surface area contributed by atoms with E-state index >= 15 is 0 Å². The number of carbonyl (C=O) groups is 1. The van der Waals surface area contributed by atoms with Crippen LogP contribution in [0, 0.1) is 17.3 Å². The SMILES string of the molecule is CN1CCC(C#Cc2cccc(B(O)O)c2)(C(F)F)C1=O. The smallest absolute Gasteiger partial charge is 0.423 e. The van der Waals surface area contributed by atoms with Crippen LogP contribution in [0.2, 0.25) is 0 Å². The zero-order valence-corrected chi connectivity index (χ0v) is 11.4. The highest BCUT2D eigenvalue weighted by Gasteiger charge is 2.51. The summed E-state index contributed by atoms with van der Waals surface area (Å²) in [6.07, 6.45) is -2.89. The molecule has 7 heteroatoms. The quantitative estimate of drug-likeness (QED) is 0.588. The number of alkyl halides is 2. The molecule has 2 N–H and O–H groups in total. The molecule has 1 aromatic carbocycles. The summed E-state index contributed by atoms with van der Waals surface area (Å²) in [4.78, 5) is 13.2. The lowest BCUT2D eigenvalue weighted by molar-refractivity contribution is -0.138. The molecule has 1 amide bonds. The molecule has 0 saturated carbocycles. The molecule has 0 aromatic heterocycles. The van der Waals surface area contributed by atoms with Gasteiger partial charge in [-0.05, 0) is 24.0 Å². The summed E-state index contributed by atoms with van der Waals surface area (Å²) in [5, 5.41) is 18.1. The Balaban J connectivity index is 2.36. The molecule has 0 bridgehead atoms. The molecular formula is C14H14BF2NO3. The minimum absolute atomic E-state index is 0.0185. The molecule has 1 aliphatic heterocycles. The minimum atomic E-state index is -2.87. The predicted molar refractivity (Wildman–Crippen MR) is 73.8 cm³/mol. The first-order valence-electron chi connectivity index (χ1n) is 6.40. The van der Waals surface area contributed by atoms with Gasteiger partial charge < -0.3 is 14.9 Å². The number of rotatable bonds is 2. The average Bonchev–Trinajstić information content (AvgIpc) is 2.74. The molecule has 1 heterocycles. The van der Waals surface area contributed by atoms with Crippen molar-refractivity contribution in [2.75, 3.05) is 13.6 Å². The lowest BCUT2D eigenvalue weighted by atomic mass is 9.79. The number of likely N-dealkylation sites (tertiary alicyclic amines) is 1. The van der Waals surface area contributed by atoms with E-state index in [-0.39, 0.29) is 18.4 Å². The van der Waals surface area contributed by atoms with Crippen LogP contribution in [0.3, 0.4) is 0 Å². The molecule has 0 aliphatic carbocycles. The Morgan fingerprint density at radius 2 is 2.14 bits per heavy atom. The predicted octanol–water partition coefficient (Wildman–Crippen LogP) is -0.169. The Kier molecular flexibility index (Phi) is 4.30. The first-order chi connectivity index (χ1) is 9.86.